The van der Waals surface area contributed by atoms with Crippen LogP contribution in [0.5, 0.6) is 5.75 Å². The van der Waals surface area contributed by atoms with Gasteiger partial charge in [-0.05, 0) is 42.0 Å². The molecule has 6 nitrogen and oxygen atoms in total. The molecule has 0 saturated carbocycles. The Morgan fingerprint density at radius 2 is 2.00 bits per heavy atom. The van der Waals surface area contributed by atoms with Crippen molar-refractivity contribution < 1.29 is 14.3 Å². The second-order valence-electron chi connectivity index (χ2n) is 5.41. The van der Waals surface area contributed by atoms with Crippen molar-refractivity contribution in [1.29, 1.82) is 0 Å². The van der Waals surface area contributed by atoms with Gasteiger partial charge in [0.15, 0.2) is 0 Å². The molecule has 0 aliphatic carbocycles. The van der Waals surface area contributed by atoms with Crippen LogP contribution in [0.4, 0.5) is 0 Å². The minimum Gasteiger partial charge on any atom is -0.491 e. The van der Waals surface area contributed by atoms with E-state index < -0.39 is 0 Å². The summed E-state index contributed by atoms with van der Waals surface area (Å²) in [5.74, 6) is 0.523. The number of nitrogens with zero attached hydrogens (tertiary/aromatic N) is 2. The smallest absolute Gasteiger partial charge is 0.270 e. The van der Waals surface area contributed by atoms with E-state index in [0.717, 1.165) is 16.8 Å². The molecule has 2 heterocycles. The van der Waals surface area contributed by atoms with Gasteiger partial charge in [0.2, 0.25) is 0 Å². The highest BCUT2D eigenvalue weighted by Gasteiger charge is 2.08. The maximum Gasteiger partial charge on any atom is 0.270 e. The Hall–Kier alpha value is -2.99. The van der Waals surface area contributed by atoms with E-state index in [1.165, 1.54) is 0 Å². The van der Waals surface area contributed by atoms with Crippen LogP contribution >= 0.6 is 0 Å². The highest BCUT2D eigenvalue weighted by molar-refractivity contribution is 5.94. The zero-order valence-corrected chi connectivity index (χ0v) is 13.9. The summed E-state index contributed by atoms with van der Waals surface area (Å²) in [6.07, 6.45) is 1.70. The van der Waals surface area contributed by atoms with E-state index in [2.05, 4.69) is 15.3 Å². The first-order valence-electron chi connectivity index (χ1n) is 7.97. The molecule has 1 amide bonds. The van der Waals surface area contributed by atoms with Crippen molar-refractivity contribution in [2.24, 2.45) is 0 Å². The third-order valence-electron chi connectivity index (χ3n) is 3.60. The molecule has 1 N–H and O–H groups in total. The second kappa shape index (κ2) is 8.21. The number of pyridine rings is 2. The monoisotopic (exact) mass is 337 g/mol. The Bertz CT molecular complexity index is 867. The molecule has 1 aromatic carbocycles. The minimum absolute atomic E-state index is 0.226. The van der Waals surface area contributed by atoms with Crippen molar-refractivity contribution in [2.45, 2.75) is 6.54 Å². The fourth-order valence-electron chi connectivity index (χ4n) is 2.34. The van der Waals surface area contributed by atoms with Crippen molar-refractivity contribution in [2.75, 3.05) is 20.3 Å². The second-order valence-corrected chi connectivity index (χ2v) is 5.41. The van der Waals surface area contributed by atoms with Gasteiger partial charge >= 0.3 is 0 Å². The Morgan fingerprint density at radius 1 is 1.08 bits per heavy atom. The van der Waals surface area contributed by atoms with Crippen molar-refractivity contribution in [1.82, 2.24) is 15.3 Å². The summed E-state index contributed by atoms with van der Waals surface area (Å²) in [6, 6.07) is 14.7. The third kappa shape index (κ3) is 4.51. The van der Waals surface area contributed by atoms with Crippen molar-refractivity contribution in [3.05, 3.63) is 66.0 Å². The average Bonchev–Trinajstić information content (AvgIpc) is 2.66. The molecular weight excluding hydrogens is 318 g/mol. The van der Waals surface area contributed by atoms with Crippen LogP contribution in [0.2, 0.25) is 0 Å². The molecular formula is C19H19N3O3. The maximum atomic E-state index is 12.3. The lowest BCUT2D eigenvalue weighted by Gasteiger charge is -2.09. The van der Waals surface area contributed by atoms with Gasteiger partial charge in [0.05, 0.1) is 17.6 Å². The van der Waals surface area contributed by atoms with E-state index in [1.807, 2.05) is 30.3 Å². The molecule has 25 heavy (non-hydrogen) atoms. The Balaban J connectivity index is 1.62. The molecule has 2 aromatic heterocycles. The predicted molar refractivity (Wildman–Crippen MR) is 94.5 cm³/mol. The number of hydrogen-bond acceptors (Lipinski definition) is 5. The van der Waals surface area contributed by atoms with Gasteiger partial charge in [0, 0.05) is 19.9 Å². The minimum atomic E-state index is -0.226. The quantitative estimate of drug-likeness (QED) is 0.671. The molecule has 0 aliphatic heterocycles. The summed E-state index contributed by atoms with van der Waals surface area (Å²) in [5.41, 5.74) is 2.78. The fraction of sp³-hybridized carbons (Fsp3) is 0.211. The fourth-order valence-corrected chi connectivity index (χ4v) is 2.34. The SMILES string of the molecule is COCCOc1cccc(CNC(=O)c2ccc3ncccc3n2)c1. The van der Waals surface area contributed by atoms with Crippen molar-refractivity contribution in [3.8, 4) is 5.75 Å². The summed E-state index contributed by atoms with van der Waals surface area (Å²) in [7, 11) is 1.63. The van der Waals surface area contributed by atoms with Crippen LogP contribution in [0.25, 0.3) is 11.0 Å². The lowest BCUT2D eigenvalue weighted by atomic mass is 10.2. The molecule has 0 aliphatic rings. The summed E-state index contributed by atoms with van der Waals surface area (Å²) >= 11 is 0. The van der Waals surface area contributed by atoms with Crippen molar-refractivity contribution in [3.63, 3.8) is 0 Å². The predicted octanol–water partition coefficient (Wildman–Crippen LogP) is 2.59. The number of carbonyl (C=O) groups is 1. The molecule has 0 atom stereocenters. The molecule has 0 saturated heterocycles. The number of aromatic nitrogens is 2. The Kier molecular flexibility index (Phi) is 5.53. The number of nitrogens with one attached hydrogen (secondary N) is 1. The third-order valence-corrected chi connectivity index (χ3v) is 3.60. The van der Waals surface area contributed by atoms with Gasteiger partial charge in [-0.25, -0.2) is 4.98 Å². The van der Waals surface area contributed by atoms with Gasteiger partial charge in [0.1, 0.15) is 18.1 Å². The first kappa shape index (κ1) is 16.9. The number of methoxy groups -OCH3 is 1. The number of fused-ring (bicyclic) bond motifs is 1. The van der Waals surface area contributed by atoms with E-state index in [-0.39, 0.29) is 5.91 Å². The standard InChI is InChI=1S/C19H19N3O3/c1-24-10-11-25-15-5-2-4-14(12-15)13-21-19(23)18-8-7-16-17(22-18)6-3-9-20-16/h2-9,12H,10-11,13H2,1H3,(H,21,23). The highest BCUT2D eigenvalue weighted by Crippen LogP contribution is 2.14. The molecule has 0 bridgehead atoms. The van der Waals surface area contributed by atoms with Crippen molar-refractivity contribution >= 4 is 16.9 Å². The summed E-state index contributed by atoms with van der Waals surface area (Å²) in [4.78, 5) is 20.9. The largest absolute Gasteiger partial charge is 0.491 e. The van der Waals surface area contributed by atoms with E-state index in [4.69, 9.17) is 9.47 Å². The molecule has 0 fully saturated rings. The summed E-state index contributed by atoms with van der Waals surface area (Å²) < 4.78 is 10.5. The normalized spacial score (nSPS) is 10.6. The number of hydrogen-bond donors (Lipinski definition) is 1. The zero-order valence-electron chi connectivity index (χ0n) is 13.9. The zero-order chi connectivity index (χ0) is 17.5. The molecule has 6 heteroatoms. The number of amides is 1. The van der Waals surface area contributed by atoms with Gasteiger partial charge in [-0.3, -0.25) is 9.78 Å². The van der Waals surface area contributed by atoms with Crippen LogP contribution in [-0.4, -0.2) is 36.2 Å². The lowest BCUT2D eigenvalue weighted by molar-refractivity contribution is 0.0946. The van der Waals surface area contributed by atoms with Gasteiger partial charge in [0.25, 0.3) is 5.91 Å². The number of ether oxygens (including phenoxy) is 2. The molecule has 128 valence electrons. The van der Waals surface area contributed by atoms with Crippen LogP contribution in [0, 0.1) is 0 Å². The molecule has 0 radical (unpaired) electrons. The topological polar surface area (TPSA) is 73.3 Å². The van der Waals surface area contributed by atoms with Gasteiger partial charge in [-0.15, -0.1) is 0 Å². The Labute approximate surface area is 145 Å². The van der Waals surface area contributed by atoms with E-state index in [0.29, 0.717) is 31.0 Å². The highest BCUT2D eigenvalue weighted by atomic mass is 16.5. The molecule has 3 aromatic rings. The van der Waals surface area contributed by atoms with Crippen LogP contribution in [0.1, 0.15) is 16.1 Å². The van der Waals surface area contributed by atoms with E-state index in [9.17, 15) is 4.79 Å². The average molecular weight is 337 g/mol. The van der Waals surface area contributed by atoms with Crippen LogP contribution in [0.3, 0.4) is 0 Å². The number of benzene rings is 1. The molecule has 3 rings (SSSR count). The summed E-state index contributed by atoms with van der Waals surface area (Å²) in [6.45, 7) is 1.41. The van der Waals surface area contributed by atoms with E-state index >= 15 is 0 Å². The first-order valence-corrected chi connectivity index (χ1v) is 7.97. The molecule has 0 unspecified atom stereocenters. The lowest BCUT2D eigenvalue weighted by Crippen LogP contribution is -2.23. The van der Waals surface area contributed by atoms with Crippen LogP contribution < -0.4 is 10.1 Å². The van der Waals surface area contributed by atoms with Crippen LogP contribution in [-0.2, 0) is 11.3 Å². The number of rotatable bonds is 7. The maximum absolute atomic E-state index is 12.3. The first-order chi connectivity index (χ1) is 12.3. The van der Waals surface area contributed by atoms with Crippen LogP contribution in [0.15, 0.2) is 54.7 Å². The summed E-state index contributed by atoms with van der Waals surface area (Å²) in [5, 5.41) is 2.87. The Morgan fingerprint density at radius 3 is 2.88 bits per heavy atom. The van der Waals surface area contributed by atoms with Gasteiger partial charge in [-0.1, -0.05) is 12.1 Å². The van der Waals surface area contributed by atoms with Gasteiger partial charge < -0.3 is 14.8 Å². The molecule has 0 spiro atoms. The number of carbonyl (C=O) groups excluding carboxylic acids is 1. The van der Waals surface area contributed by atoms with E-state index in [1.54, 1.807) is 31.5 Å². The van der Waals surface area contributed by atoms with Gasteiger partial charge in [-0.2, -0.15) is 0 Å².